The number of aliphatic imine (C=N–C) groups is 1. The monoisotopic (exact) mass is 359 g/mol. The Labute approximate surface area is 149 Å². The van der Waals surface area contributed by atoms with Gasteiger partial charge in [-0.25, -0.2) is 9.67 Å². The molecule has 0 aliphatic carbocycles. The van der Waals surface area contributed by atoms with Crippen LogP contribution in [0.5, 0.6) is 0 Å². The van der Waals surface area contributed by atoms with Crippen molar-refractivity contribution in [2.24, 2.45) is 12.0 Å². The summed E-state index contributed by atoms with van der Waals surface area (Å²) in [4.78, 5) is 17.1. The second-order valence-corrected chi connectivity index (χ2v) is 6.16. The lowest BCUT2D eigenvalue weighted by atomic mass is 10.2. The molecule has 0 bridgehead atoms. The summed E-state index contributed by atoms with van der Waals surface area (Å²) in [6.45, 7) is 1.86. The quantitative estimate of drug-likeness (QED) is 0.632. The van der Waals surface area contributed by atoms with Crippen LogP contribution in [-0.2, 0) is 7.05 Å². The molecular formula is C18H15Cl2N3O. The van der Waals surface area contributed by atoms with Crippen molar-refractivity contribution < 1.29 is 0 Å². The van der Waals surface area contributed by atoms with Crippen LogP contribution in [0.25, 0.3) is 5.69 Å². The number of rotatable bonds is 3. The van der Waals surface area contributed by atoms with E-state index in [2.05, 4.69) is 4.99 Å². The Balaban J connectivity index is 2.05. The van der Waals surface area contributed by atoms with Crippen molar-refractivity contribution in [2.45, 2.75) is 6.92 Å². The van der Waals surface area contributed by atoms with E-state index in [9.17, 15) is 4.79 Å². The van der Waals surface area contributed by atoms with Gasteiger partial charge in [-0.3, -0.25) is 9.48 Å². The van der Waals surface area contributed by atoms with E-state index in [1.165, 1.54) is 0 Å². The molecule has 0 saturated heterocycles. The van der Waals surface area contributed by atoms with E-state index in [-0.39, 0.29) is 5.56 Å². The predicted octanol–water partition coefficient (Wildman–Crippen LogP) is 4.54. The maximum atomic E-state index is 12.7. The maximum Gasteiger partial charge on any atom is 0.297 e. The molecule has 0 amide bonds. The molecule has 2 aromatic carbocycles. The third kappa shape index (κ3) is 3.03. The summed E-state index contributed by atoms with van der Waals surface area (Å²) in [5, 5.41) is 0.934. The van der Waals surface area contributed by atoms with Gasteiger partial charge in [-0.05, 0) is 36.8 Å². The minimum Gasteiger partial charge on any atom is -0.283 e. The molecule has 0 N–H and O–H groups in total. The zero-order valence-corrected chi connectivity index (χ0v) is 14.7. The Morgan fingerprint density at radius 1 is 1.04 bits per heavy atom. The molecule has 0 radical (unpaired) electrons. The highest BCUT2D eigenvalue weighted by atomic mass is 35.5. The van der Waals surface area contributed by atoms with Crippen molar-refractivity contribution in [3.63, 3.8) is 0 Å². The van der Waals surface area contributed by atoms with Crippen molar-refractivity contribution in [3.8, 4) is 5.69 Å². The second kappa shape index (κ2) is 6.67. The van der Waals surface area contributed by atoms with Gasteiger partial charge in [0.1, 0.15) is 0 Å². The highest BCUT2D eigenvalue weighted by Gasteiger charge is 2.14. The van der Waals surface area contributed by atoms with Gasteiger partial charge in [-0.2, -0.15) is 0 Å². The smallest absolute Gasteiger partial charge is 0.283 e. The third-order valence-electron chi connectivity index (χ3n) is 3.81. The fraction of sp³-hybridized carbons (Fsp3) is 0.111. The largest absolute Gasteiger partial charge is 0.297 e. The van der Waals surface area contributed by atoms with Crippen LogP contribution >= 0.6 is 23.2 Å². The third-order valence-corrected chi connectivity index (χ3v) is 4.55. The summed E-state index contributed by atoms with van der Waals surface area (Å²) >= 11 is 11.9. The zero-order valence-electron chi connectivity index (χ0n) is 13.2. The molecule has 0 aliphatic rings. The van der Waals surface area contributed by atoms with E-state index in [0.717, 1.165) is 16.9 Å². The standard InChI is InChI=1S/C18H15Cl2N3O/c1-12-17(21-11-13-8-9-15(19)16(20)10-13)18(24)23(22(12)2)14-6-4-3-5-7-14/h3-11H,1-2H3. The molecule has 0 spiro atoms. The van der Waals surface area contributed by atoms with Crippen molar-refractivity contribution in [1.29, 1.82) is 0 Å². The van der Waals surface area contributed by atoms with Gasteiger partial charge in [-0.15, -0.1) is 0 Å². The van der Waals surface area contributed by atoms with Crippen molar-refractivity contribution in [2.75, 3.05) is 0 Å². The first-order valence-corrected chi connectivity index (χ1v) is 8.08. The van der Waals surface area contributed by atoms with Gasteiger partial charge in [0, 0.05) is 13.3 Å². The highest BCUT2D eigenvalue weighted by molar-refractivity contribution is 6.42. The molecule has 4 nitrogen and oxygen atoms in total. The van der Waals surface area contributed by atoms with E-state index in [0.29, 0.717) is 15.7 Å². The summed E-state index contributed by atoms with van der Waals surface area (Å²) in [7, 11) is 1.84. The summed E-state index contributed by atoms with van der Waals surface area (Å²) < 4.78 is 3.38. The van der Waals surface area contributed by atoms with Crippen LogP contribution in [0.1, 0.15) is 11.3 Å². The fourth-order valence-electron chi connectivity index (χ4n) is 2.43. The lowest BCUT2D eigenvalue weighted by molar-refractivity contribution is 0.630. The molecular weight excluding hydrogens is 345 g/mol. The first kappa shape index (κ1) is 16.6. The number of hydrogen-bond donors (Lipinski definition) is 0. The SMILES string of the molecule is Cc1c(N=Cc2ccc(Cl)c(Cl)c2)c(=O)n(-c2ccccc2)n1C. The Kier molecular flexibility index (Phi) is 4.60. The average molecular weight is 360 g/mol. The number of benzene rings is 2. The predicted molar refractivity (Wildman–Crippen MR) is 99.5 cm³/mol. The fourth-order valence-corrected chi connectivity index (χ4v) is 2.74. The van der Waals surface area contributed by atoms with E-state index >= 15 is 0 Å². The topological polar surface area (TPSA) is 39.3 Å². The highest BCUT2D eigenvalue weighted by Crippen LogP contribution is 2.22. The molecule has 0 saturated carbocycles. The molecule has 122 valence electrons. The van der Waals surface area contributed by atoms with Crippen LogP contribution in [0.15, 0.2) is 58.3 Å². The minimum absolute atomic E-state index is 0.169. The minimum atomic E-state index is -0.169. The van der Waals surface area contributed by atoms with Gasteiger partial charge >= 0.3 is 0 Å². The van der Waals surface area contributed by atoms with Gasteiger partial charge in [0.05, 0.1) is 21.4 Å². The summed E-state index contributed by atoms with van der Waals surface area (Å²) in [5.74, 6) is 0. The molecule has 24 heavy (non-hydrogen) atoms. The van der Waals surface area contributed by atoms with Crippen molar-refractivity contribution in [1.82, 2.24) is 9.36 Å². The first-order chi connectivity index (χ1) is 11.5. The Morgan fingerprint density at radius 3 is 2.42 bits per heavy atom. The number of aromatic nitrogens is 2. The van der Waals surface area contributed by atoms with Crippen LogP contribution < -0.4 is 5.56 Å². The molecule has 0 unspecified atom stereocenters. The van der Waals surface area contributed by atoms with Crippen LogP contribution in [-0.4, -0.2) is 15.6 Å². The molecule has 3 aromatic rings. The van der Waals surface area contributed by atoms with Gasteiger partial charge in [0.15, 0.2) is 5.69 Å². The number of hydrogen-bond acceptors (Lipinski definition) is 2. The molecule has 1 heterocycles. The summed E-state index contributed by atoms with van der Waals surface area (Å²) in [5.41, 5.74) is 2.58. The number of para-hydroxylation sites is 1. The molecule has 6 heteroatoms. The lowest BCUT2D eigenvalue weighted by Crippen LogP contribution is -2.19. The van der Waals surface area contributed by atoms with Gasteiger partial charge in [0.25, 0.3) is 5.56 Å². The van der Waals surface area contributed by atoms with Gasteiger partial charge < -0.3 is 0 Å². The van der Waals surface area contributed by atoms with Gasteiger partial charge in [0.2, 0.25) is 0 Å². The van der Waals surface area contributed by atoms with Crippen LogP contribution in [0.3, 0.4) is 0 Å². The van der Waals surface area contributed by atoms with E-state index in [1.807, 2.05) is 44.3 Å². The molecule has 1 aromatic heterocycles. The Hall–Kier alpha value is -2.30. The normalized spacial score (nSPS) is 11.3. The van der Waals surface area contributed by atoms with Crippen molar-refractivity contribution >= 4 is 35.1 Å². The summed E-state index contributed by atoms with van der Waals surface area (Å²) in [6.07, 6.45) is 1.61. The molecule has 0 atom stereocenters. The molecule has 3 rings (SSSR count). The van der Waals surface area contributed by atoms with E-state index < -0.39 is 0 Å². The van der Waals surface area contributed by atoms with Gasteiger partial charge in [-0.1, -0.05) is 47.5 Å². The van der Waals surface area contributed by atoms with E-state index in [1.54, 1.807) is 33.8 Å². The lowest BCUT2D eigenvalue weighted by Gasteiger charge is -2.07. The van der Waals surface area contributed by atoms with Crippen molar-refractivity contribution in [3.05, 3.63) is 80.2 Å². The second-order valence-electron chi connectivity index (χ2n) is 5.34. The number of halogens is 2. The first-order valence-electron chi connectivity index (χ1n) is 7.32. The maximum absolute atomic E-state index is 12.7. The Morgan fingerprint density at radius 2 is 1.75 bits per heavy atom. The van der Waals surface area contributed by atoms with E-state index in [4.69, 9.17) is 23.2 Å². The zero-order chi connectivity index (χ0) is 17.3. The summed E-state index contributed by atoms with van der Waals surface area (Å²) in [6, 6.07) is 14.7. The van der Waals surface area contributed by atoms with Crippen LogP contribution in [0.2, 0.25) is 10.0 Å². The number of nitrogens with zero attached hydrogens (tertiary/aromatic N) is 3. The van der Waals surface area contributed by atoms with Crippen LogP contribution in [0, 0.1) is 6.92 Å². The van der Waals surface area contributed by atoms with Crippen LogP contribution in [0.4, 0.5) is 5.69 Å². The molecule has 0 aliphatic heterocycles. The molecule has 0 fully saturated rings. The average Bonchev–Trinajstić information content (AvgIpc) is 2.79. The Bertz CT molecular complexity index is 972.